The van der Waals surface area contributed by atoms with E-state index in [0.717, 1.165) is 86.4 Å². The van der Waals surface area contributed by atoms with Crippen LogP contribution in [-0.4, -0.2) is 22.5 Å². The van der Waals surface area contributed by atoms with Crippen LogP contribution in [0, 0.1) is 5.41 Å². The molecule has 0 saturated carbocycles. The molecule has 13 rings (SSSR count). The van der Waals surface area contributed by atoms with Crippen molar-refractivity contribution in [2.45, 2.75) is 0 Å². The van der Waals surface area contributed by atoms with Crippen LogP contribution < -0.4 is 0 Å². The Balaban J connectivity index is 0.968. The van der Waals surface area contributed by atoms with Crippen molar-refractivity contribution in [3.8, 4) is 16.8 Å². The van der Waals surface area contributed by atoms with Crippen molar-refractivity contribution in [3.63, 3.8) is 0 Å². The molecule has 0 spiro atoms. The first-order chi connectivity index (χ1) is 31.6. The van der Waals surface area contributed by atoms with E-state index in [0.29, 0.717) is 5.84 Å². The van der Waals surface area contributed by atoms with Crippen molar-refractivity contribution in [2.75, 3.05) is 0 Å². The molecule has 0 fully saturated rings. The largest absolute Gasteiger partial charge is 0.456 e. The van der Waals surface area contributed by atoms with Gasteiger partial charge in [0.05, 0.1) is 11.0 Å². The second kappa shape index (κ2) is 14.6. The minimum atomic E-state index is 0.173. The molecule has 0 bridgehead atoms. The van der Waals surface area contributed by atoms with Crippen molar-refractivity contribution < 1.29 is 4.42 Å². The van der Waals surface area contributed by atoms with Crippen LogP contribution in [0.4, 0.5) is 0 Å². The van der Waals surface area contributed by atoms with Gasteiger partial charge in [0, 0.05) is 91.0 Å². The number of amidine groups is 2. The van der Waals surface area contributed by atoms with E-state index in [2.05, 4.69) is 156 Å². The van der Waals surface area contributed by atoms with Crippen molar-refractivity contribution in [1.82, 2.24) is 4.57 Å². The number of thiophene rings is 2. The fourth-order valence-corrected chi connectivity index (χ4v) is 11.8. The smallest absolute Gasteiger partial charge is 0.162 e. The highest BCUT2D eigenvalue weighted by Gasteiger charge is 2.20. The molecule has 13 aromatic rings. The molecular weight excluding hydrogens is 821 g/mol. The molecule has 1 N–H and O–H groups in total. The monoisotopic (exact) mass is 854 g/mol. The lowest BCUT2D eigenvalue weighted by Crippen LogP contribution is -2.05. The van der Waals surface area contributed by atoms with Crippen LogP contribution in [0.5, 0.6) is 0 Å². The van der Waals surface area contributed by atoms with Gasteiger partial charge in [-0.05, 0) is 77.4 Å². The minimum absolute atomic E-state index is 0.173. The first-order valence-electron chi connectivity index (χ1n) is 21.2. The molecule has 4 heterocycles. The van der Waals surface area contributed by atoms with Crippen LogP contribution in [0.15, 0.2) is 209 Å². The van der Waals surface area contributed by atoms with Gasteiger partial charge in [-0.15, -0.1) is 22.7 Å². The highest BCUT2D eigenvalue weighted by molar-refractivity contribution is 7.26. The lowest BCUT2D eigenvalue weighted by atomic mass is 9.97. The van der Waals surface area contributed by atoms with Crippen molar-refractivity contribution >= 4 is 125 Å². The highest BCUT2D eigenvalue weighted by atomic mass is 32.1. The number of nitrogens with zero attached hydrogens (tertiary/aromatic N) is 3. The zero-order chi connectivity index (χ0) is 42.3. The Morgan fingerprint density at radius 1 is 0.484 bits per heavy atom. The highest BCUT2D eigenvalue weighted by Crippen LogP contribution is 2.43. The van der Waals surface area contributed by atoms with E-state index in [9.17, 15) is 5.41 Å². The summed E-state index contributed by atoms with van der Waals surface area (Å²) in [6.07, 6.45) is 1.85. The zero-order valence-corrected chi connectivity index (χ0v) is 35.8. The topological polar surface area (TPSA) is 66.6 Å². The molecule has 64 heavy (non-hydrogen) atoms. The molecule has 5 nitrogen and oxygen atoms in total. The third-order valence-electron chi connectivity index (χ3n) is 12.4. The minimum Gasteiger partial charge on any atom is -0.456 e. The number of aliphatic imine (C=N–C) groups is 2. The standard InChI is InChI=1S/C57H34N4OS2/c58-56(42-19-11-25-51-54(42)41-17-6-9-24-49(41)63-51)60-57(59-33-34-13-2-1-3-14-34)43-20-12-26-52-55(43)44-31-35(27-30-50(44)64-52)37-18-10-23-47-53(37)40-29-28-36(32-48(40)62-47)61-45-21-7-4-15-38(45)39-16-5-8-22-46(39)61/h1-33,58H/b58-56?,59-33+,60-57-. The molecule has 0 aliphatic carbocycles. The lowest BCUT2D eigenvalue weighted by Gasteiger charge is -2.09. The molecule has 300 valence electrons. The summed E-state index contributed by atoms with van der Waals surface area (Å²) in [5, 5.41) is 18.5. The van der Waals surface area contributed by atoms with Gasteiger partial charge in [-0.25, -0.2) is 9.98 Å². The predicted octanol–water partition coefficient (Wildman–Crippen LogP) is 16.0. The average Bonchev–Trinajstić information content (AvgIpc) is 4.11. The van der Waals surface area contributed by atoms with Gasteiger partial charge in [0.15, 0.2) is 11.7 Å². The molecule has 7 heteroatoms. The van der Waals surface area contributed by atoms with Gasteiger partial charge in [-0.1, -0.05) is 127 Å². The number of nitrogens with one attached hydrogen (secondary N) is 1. The molecule has 0 atom stereocenters. The summed E-state index contributed by atoms with van der Waals surface area (Å²) in [6, 6.07) is 67.9. The second-order valence-corrected chi connectivity index (χ2v) is 18.2. The van der Waals surface area contributed by atoms with Gasteiger partial charge in [0.25, 0.3) is 0 Å². The third-order valence-corrected chi connectivity index (χ3v) is 14.6. The molecule has 4 aromatic heterocycles. The Morgan fingerprint density at radius 2 is 1.12 bits per heavy atom. The molecule has 0 aliphatic rings. The van der Waals surface area contributed by atoms with Crippen molar-refractivity contribution in [3.05, 3.63) is 211 Å². The van der Waals surface area contributed by atoms with E-state index in [-0.39, 0.29) is 5.84 Å². The maximum atomic E-state index is 9.56. The summed E-state index contributed by atoms with van der Waals surface area (Å²) in [5.74, 6) is 0.662. The summed E-state index contributed by atoms with van der Waals surface area (Å²) >= 11 is 3.50. The van der Waals surface area contributed by atoms with Crippen LogP contribution in [0.2, 0.25) is 0 Å². The predicted molar refractivity (Wildman–Crippen MR) is 273 cm³/mol. The SMILES string of the molecule is N=C(/N=C(\N=C\c1ccccc1)c1cccc2sc3ccc(-c4cccc5oc6cc(-n7c8ccccc8c8ccccc87)ccc6c45)cc3c12)c1cccc2sc3ccccc3c12. The quantitative estimate of drug-likeness (QED) is 0.136. The van der Waals surface area contributed by atoms with Crippen molar-refractivity contribution in [2.24, 2.45) is 9.98 Å². The van der Waals surface area contributed by atoms with Gasteiger partial charge >= 0.3 is 0 Å². The van der Waals surface area contributed by atoms with Crippen LogP contribution in [0.3, 0.4) is 0 Å². The van der Waals surface area contributed by atoms with E-state index in [1.807, 2.05) is 48.7 Å². The van der Waals surface area contributed by atoms with Crippen LogP contribution in [-0.2, 0) is 0 Å². The Kier molecular flexibility index (Phi) is 8.34. The van der Waals surface area contributed by atoms with Gasteiger partial charge in [-0.3, -0.25) is 5.41 Å². The van der Waals surface area contributed by atoms with Crippen LogP contribution >= 0.6 is 22.7 Å². The van der Waals surface area contributed by atoms with E-state index in [1.54, 1.807) is 22.7 Å². The summed E-state index contributed by atoms with van der Waals surface area (Å²) < 4.78 is 13.7. The summed E-state index contributed by atoms with van der Waals surface area (Å²) in [7, 11) is 0. The van der Waals surface area contributed by atoms with Gasteiger partial charge < -0.3 is 8.98 Å². The maximum absolute atomic E-state index is 9.56. The van der Waals surface area contributed by atoms with Gasteiger partial charge in [0.1, 0.15) is 11.2 Å². The van der Waals surface area contributed by atoms with E-state index in [1.165, 1.54) is 31.2 Å². The molecule has 9 aromatic carbocycles. The number of para-hydroxylation sites is 2. The summed E-state index contributed by atoms with van der Waals surface area (Å²) in [4.78, 5) is 10.2. The van der Waals surface area contributed by atoms with E-state index < -0.39 is 0 Å². The fourth-order valence-electron chi connectivity index (χ4n) is 9.55. The number of hydrogen-bond donors (Lipinski definition) is 1. The molecule has 0 unspecified atom stereocenters. The fraction of sp³-hybridized carbons (Fsp3) is 0. The van der Waals surface area contributed by atoms with Crippen molar-refractivity contribution in [1.29, 1.82) is 5.41 Å². The van der Waals surface area contributed by atoms with Gasteiger partial charge in [-0.2, -0.15) is 0 Å². The van der Waals surface area contributed by atoms with Crippen LogP contribution in [0.25, 0.3) is 101 Å². The zero-order valence-electron chi connectivity index (χ0n) is 34.1. The molecule has 0 amide bonds. The lowest BCUT2D eigenvalue weighted by molar-refractivity contribution is 0.668. The summed E-state index contributed by atoms with van der Waals surface area (Å²) in [6.45, 7) is 0. The third kappa shape index (κ3) is 5.79. The maximum Gasteiger partial charge on any atom is 0.162 e. The number of furan rings is 1. The van der Waals surface area contributed by atoms with Crippen LogP contribution in [0.1, 0.15) is 16.7 Å². The Bertz CT molecular complexity index is 4060. The Hall–Kier alpha value is -7.97. The molecular formula is C57H34N4OS2. The molecule has 0 aliphatic heterocycles. The number of benzene rings is 9. The first-order valence-corrected chi connectivity index (χ1v) is 22.8. The number of fused-ring (bicyclic) bond motifs is 12. The Labute approximate surface area is 374 Å². The Morgan fingerprint density at radius 3 is 1.91 bits per heavy atom. The number of rotatable bonds is 5. The second-order valence-electron chi connectivity index (χ2n) is 16.1. The van der Waals surface area contributed by atoms with E-state index in [4.69, 9.17) is 14.4 Å². The molecule has 0 radical (unpaired) electrons. The molecule has 0 saturated heterocycles. The number of aromatic nitrogens is 1. The average molecular weight is 855 g/mol. The number of hydrogen-bond acceptors (Lipinski definition) is 4. The van der Waals surface area contributed by atoms with E-state index >= 15 is 0 Å². The first kappa shape index (κ1) is 36.7. The normalized spacial score (nSPS) is 12.5. The summed E-state index contributed by atoms with van der Waals surface area (Å²) in [5.41, 5.74) is 9.91. The van der Waals surface area contributed by atoms with Gasteiger partial charge in [0.2, 0.25) is 0 Å².